The zero-order valence-corrected chi connectivity index (χ0v) is 15.6. The number of phenols is 1. The fourth-order valence-corrected chi connectivity index (χ4v) is 3.21. The van der Waals surface area contributed by atoms with Crippen LogP contribution in [-0.4, -0.2) is 20.9 Å². The first-order valence-electron chi connectivity index (χ1n) is 9.10. The van der Waals surface area contributed by atoms with Crippen molar-refractivity contribution in [3.8, 4) is 17.1 Å². The number of imidazole rings is 1. The van der Waals surface area contributed by atoms with Crippen LogP contribution in [0.5, 0.6) is 5.75 Å². The number of ketones is 1. The Labute approximate surface area is 158 Å². The number of phenolic OH excluding ortho intramolecular Hbond substituents is 1. The van der Waals surface area contributed by atoms with Crippen molar-refractivity contribution < 1.29 is 9.90 Å². The third kappa shape index (κ3) is 4.25. The highest BCUT2D eigenvalue weighted by Gasteiger charge is 2.14. The molecule has 0 bridgehead atoms. The fourth-order valence-electron chi connectivity index (χ4n) is 3.04. The van der Waals surface area contributed by atoms with E-state index in [4.69, 9.17) is 11.6 Å². The lowest BCUT2D eigenvalue weighted by Gasteiger charge is -2.06. The van der Waals surface area contributed by atoms with Gasteiger partial charge in [-0.1, -0.05) is 44.2 Å². The van der Waals surface area contributed by atoms with Crippen molar-refractivity contribution >= 4 is 28.4 Å². The van der Waals surface area contributed by atoms with Gasteiger partial charge in [0.05, 0.1) is 16.6 Å². The maximum atomic E-state index is 12.5. The minimum atomic E-state index is 0.0923. The van der Waals surface area contributed by atoms with Crippen LogP contribution in [-0.2, 0) is 0 Å². The van der Waals surface area contributed by atoms with E-state index in [2.05, 4.69) is 16.9 Å². The van der Waals surface area contributed by atoms with Gasteiger partial charge in [-0.3, -0.25) is 4.79 Å². The Balaban J connectivity index is 1.79. The molecule has 0 aliphatic carbocycles. The summed E-state index contributed by atoms with van der Waals surface area (Å²) in [4.78, 5) is 20.1. The van der Waals surface area contributed by atoms with Crippen LogP contribution in [0.15, 0.2) is 36.4 Å². The minimum Gasteiger partial charge on any atom is -0.507 e. The summed E-state index contributed by atoms with van der Waals surface area (Å²) >= 11 is 6.01. The molecular formula is C21H23ClN2O2. The Morgan fingerprint density at radius 3 is 2.73 bits per heavy atom. The van der Waals surface area contributed by atoms with E-state index in [0.717, 1.165) is 23.9 Å². The molecule has 0 saturated heterocycles. The van der Waals surface area contributed by atoms with Gasteiger partial charge in [0.2, 0.25) is 0 Å². The third-order valence-electron chi connectivity index (χ3n) is 4.52. The molecule has 0 aliphatic rings. The summed E-state index contributed by atoms with van der Waals surface area (Å²) in [5, 5.41) is 10.8. The molecule has 0 fully saturated rings. The second-order valence-electron chi connectivity index (χ2n) is 6.57. The molecule has 0 unspecified atom stereocenters. The Morgan fingerprint density at radius 2 is 1.92 bits per heavy atom. The summed E-state index contributed by atoms with van der Waals surface area (Å²) < 4.78 is 0. The van der Waals surface area contributed by atoms with Crippen molar-refractivity contribution in [1.82, 2.24) is 9.97 Å². The number of halogens is 1. The normalized spacial score (nSPS) is 11.2. The molecule has 0 atom stereocenters. The SMILES string of the molecule is CCCCCCCC(=O)c1ccc(O)c(-c2nc3ccc(Cl)cc3[nH]2)c1. The molecule has 1 heterocycles. The van der Waals surface area contributed by atoms with Gasteiger partial charge >= 0.3 is 0 Å². The van der Waals surface area contributed by atoms with Crippen LogP contribution in [0, 0.1) is 0 Å². The van der Waals surface area contributed by atoms with E-state index in [-0.39, 0.29) is 11.5 Å². The Kier molecular flexibility index (Phi) is 5.94. The Morgan fingerprint density at radius 1 is 1.12 bits per heavy atom. The second-order valence-corrected chi connectivity index (χ2v) is 7.00. The van der Waals surface area contributed by atoms with Gasteiger partial charge in [-0.15, -0.1) is 0 Å². The molecule has 26 heavy (non-hydrogen) atoms. The molecule has 0 saturated carbocycles. The van der Waals surface area contributed by atoms with Gasteiger partial charge in [0.15, 0.2) is 5.78 Å². The summed E-state index contributed by atoms with van der Waals surface area (Å²) in [7, 11) is 0. The molecule has 1 aromatic heterocycles. The first-order valence-corrected chi connectivity index (χ1v) is 9.48. The molecule has 0 radical (unpaired) electrons. The van der Waals surface area contributed by atoms with E-state index < -0.39 is 0 Å². The predicted octanol–water partition coefficient (Wildman–Crippen LogP) is 6.13. The Bertz CT molecular complexity index is 918. The monoisotopic (exact) mass is 370 g/mol. The number of carbonyl (C=O) groups is 1. The zero-order valence-electron chi connectivity index (χ0n) is 14.9. The smallest absolute Gasteiger partial charge is 0.162 e. The number of aromatic nitrogens is 2. The van der Waals surface area contributed by atoms with Gasteiger partial charge < -0.3 is 10.1 Å². The van der Waals surface area contributed by atoms with Gasteiger partial charge in [0.25, 0.3) is 0 Å². The summed E-state index contributed by atoms with van der Waals surface area (Å²) in [5.41, 5.74) is 2.68. The molecule has 5 heteroatoms. The molecular weight excluding hydrogens is 348 g/mol. The summed E-state index contributed by atoms with van der Waals surface area (Å²) in [6, 6.07) is 10.3. The molecule has 136 valence electrons. The largest absolute Gasteiger partial charge is 0.507 e. The maximum Gasteiger partial charge on any atom is 0.162 e. The highest BCUT2D eigenvalue weighted by Crippen LogP contribution is 2.30. The molecule has 4 nitrogen and oxygen atoms in total. The molecule has 0 spiro atoms. The number of hydrogen-bond donors (Lipinski definition) is 2. The van der Waals surface area contributed by atoms with Crippen LogP contribution in [0.4, 0.5) is 0 Å². The number of benzene rings is 2. The van der Waals surface area contributed by atoms with Crippen LogP contribution in [0.1, 0.15) is 55.8 Å². The minimum absolute atomic E-state index is 0.0923. The van der Waals surface area contributed by atoms with E-state index in [0.29, 0.717) is 28.4 Å². The van der Waals surface area contributed by atoms with Crippen LogP contribution in [0.3, 0.4) is 0 Å². The van der Waals surface area contributed by atoms with Crippen molar-refractivity contribution in [2.24, 2.45) is 0 Å². The van der Waals surface area contributed by atoms with Crippen molar-refractivity contribution in [3.05, 3.63) is 47.0 Å². The lowest BCUT2D eigenvalue weighted by Crippen LogP contribution is -1.99. The second kappa shape index (κ2) is 8.37. The number of Topliss-reactive ketones (excluding diaryl/α,β-unsaturated/α-hetero) is 1. The third-order valence-corrected chi connectivity index (χ3v) is 4.76. The summed E-state index contributed by atoms with van der Waals surface area (Å²) in [5.74, 6) is 0.717. The maximum absolute atomic E-state index is 12.5. The number of hydrogen-bond acceptors (Lipinski definition) is 3. The number of H-pyrrole nitrogens is 1. The van der Waals surface area contributed by atoms with Crippen molar-refractivity contribution in [2.75, 3.05) is 0 Å². The first-order chi connectivity index (χ1) is 12.6. The number of nitrogens with one attached hydrogen (secondary N) is 1. The van der Waals surface area contributed by atoms with E-state index in [9.17, 15) is 9.90 Å². The molecule has 0 aliphatic heterocycles. The van der Waals surface area contributed by atoms with Gasteiger partial charge in [-0.25, -0.2) is 4.98 Å². The van der Waals surface area contributed by atoms with Crippen molar-refractivity contribution in [3.63, 3.8) is 0 Å². The van der Waals surface area contributed by atoms with E-state index in [1.54, 1.807) is 30.3 Å². The average molecular weight is 371 g/mol. The highest BCUT2D eigenvalue weighted by atomic mass is 35.5. The van der Waals surface area contributed by atoms with Gasteiger partial charge in [0, 0.05) is 17.0 Å². The molecule has 2 aromatic carbocycles. The number of carbonyl (C=O) groups excluding carboxylic acids is 1. The van der Waals surface area contributed by atoms with Crippen molar-refractivity contribution in [2.45, 2.75) is 45.4 Å². The lowest BCUT2D eigenvalue weighted by molar-refractivity contribution is 0.0979. The number of aromatic amines is 1. The summed E-state index contributed by atoms with van der Waals surface area (Å²) in [6.45, 7) is 2.18. The number of fused-ring (bicyclic) bond motifs is 1. The van der Waals surface area contributed by atoms with E-state index in [1.807, 2.05) is 6.07 Å². The van der Waals surface area contributed by atoms with Gasteiger partial charge in [0.1, 0.15) is 11.6 Å². The fraction of sp³-hybridized carbons (Fsp3) is 0.333. The predicted molar refractivity (Wildman–Crippen MR) is 106 cm³/mol. The molecule has 0 amide bonds. The number of unbranched alkanes of at least 4 members (excludes halogenated alkanes) is 4. The summed E-state index contributed by atoms with van der Waals surface area (Å²) in [6.07, 6.45) is 6.09. The number of rotatable bonds is 8. The first kappa shape index (κ1) is 18.5. The number of aromatic hydroxyl groups is 1. The molecule has 2 N–H and O–H groups in total. The van der Waals surface area contributed by atoms with Crippen LogP contribution in [0.2, 0.25) is 5.02 Å². The van der Waals surface area contributed by atoms with Crippen molar-refractivity contribution in [1.29, 1.82) is 0 Å². The van der Waals surface area contributed by atoms with Crippen LogP contribution < -0.4 is 0 Å². The molecule has 3 aromatic rings. The highest BCUT2D eigenvalue weighted by molar-refractivity contribution is 6.31. The topological polar surface area (TPSA) is 66.0 Å². The van der Waals surface area contributed by atoms with Gasteiger partial charge in [-0.2, -0.15) is 0 Å². The quantitative estimate of drug-likeness (QED) is 0.370. The standard InChI is InChI=1S/C21H23ClN2O2/c1-2-3-4-5-6-7-19(25)14-8-11-20(26)16(12-14)21-23-17-10-9-15(22)13-18(17)24-21/h8-13,26H,2-7H2,1H3,(H,23,24). The van der Waals surface area contributed by atoms with E-state index in [1.165, 1.54) is 19.3 Å². The number of nitrogens with zero attached hydrogens (tertiary/aromatic N) is 1. The zero-order chi connectivity index (χ0) is 18.5. The average Bonchev–Trinajstić information content (AvgIpc) is 3.04. The van der Waals surface area contributed by atoms with Crippen LogP contribution >= 0.6 is 11.6 Å². The molecule has 3 rings (SSSR count). The Hall–Kier alpha value is -2.33. The lowest BCUT2D eigenvalue weighted by atomic mass is 10.0. The van der Waals surface area contributed by atoms with Crippen LogP contribution in [0.25, 0.3) is 22.4 Å². The van der Waals surface area contributed by atoms with Gasteiger partial charge in [-0.05, 0) is 42.8 Å². The van der Waals surface area contributed by atoms with E-state index >= 15 is 0 Å².